The van der Waals surface area contributed by atoms with Gasteiger partial charge in [-0.05, 0) is 49.8 Å². The second kappa shape index (κ2) is 6.37. The van der Waals surface area contributed by atoms with Gasteiger partial charge in [-0.15, -0.1) is 0 Å². The largest absolute Gasteiger partial charge is 0.490 e. The summed E-state index contributed by atoms with van der Waals surface area (Å²) in [5.74, 6) is 1.68. The number of ether oxygens (including phenoxy) is 1. The Morgan fingerprint density at radius 2 is 2.06 bits per heavy atom. The van der Waals surface area contributed by atoms with Crippen LogP contribution < -0.4 is 4.74 Å². The summed E-state index contributed by atoms with van der Waals surface area (Å²) in [5.41, 5.74) is 0.648. The van der Waals surface area contributed by atoms with Gasteiger partial charge in [0, 0.05) is 10.0 Å². The molecule has 0 radical (unpaired) electrons. The van der Waals surface area contributed by atoms with Crippen LogP contribution in [0.2, 0.25) is 0 Å². The van der Waals surface area contributed by atoms with Gasteiger partial charge in [0.05, 0.1) is 6.10 Å². The minimum absolute atomic E-state index is 0.313. The lowest BCUT2D eigenvalue weighted by Gasteiger charge is -2.28. The fourth-order valence-corrected chi connectivity index (χ4v) is 2.88. The first kappa shape index (κ1) is 13.6. The van der Waals surface area contributed by atoms with Gasteiger partial charge in [0.15, 0.2) is 6.29 Å². The molecule has 1 saturated carbocycles. The van der Waals surface area contributed by atoms with Crippen molar-refractivity contribution >= 4 is 22.2 Å². The molecule has 0 unspecified atom stereocenters. The molecule has 2 rings (SSSR count). The molecule has 1 aliphatic carbocycles. The molecule has 3 heteroatoms. The van der Waals surface area contributed by atoms with E-state index < -0.39 is 0 Å². The van der Waals surface area contributed by atoms with Crippen LogP contribution in [0.4, 0.5) is 0 Å². The van der Waals surface area contributed by atoms with Crippen LogP contribution in [-0.4, -0.2) is 12.4 Å². The van der Waals surface area contributed by atoms with Crippen LogP contribution >= 0.6 is 15.9 Å². The van der Waals surface area contributed by atoms with E-state index in [0.717, 1.165) is 35.3 Å². The maximum Gasteiger partial charge on any atom is 0.151 e. The SMILES string of the molecule is CCC1CCC(Oc2ccc(Br)c(C=O)c2)CC1. The first-order valence-corrected chi connectivity index (χ1v) is 7.43. The van der Waals surface area contributed by atoms with Crippen LogP contribution in [0.3, 0.4) is 0 Å². The molecule has 1 aromatic carbocycles. The Morgan fingerprint density at radius 1 is 1.33 bits per heavy atom. The van der Waals surface area contributed by atoms with E-state index in [0.29, 0.717) is 11.7 Å². The van der Waals surface area contributed by atoms with Gasteiger partial charge in [0.25, 0.3) is 0 Å². The Hall–Kier alpha value is -0.830. The minimum Gasteiger partial charge on any atom is -0.490 e. The Bertz CT molecular complexity index is 409. The van der Waals surface area contributed by atoms with E-state index >= 15 is 0 Å². The fourth-order valence-electron chi connectivity index (χ4n) is 2.54. The molecule has 0 atom stereocenters. The Kier molecular flexibility index (Phi) is 4.81. The molecular formula is C15H19BrO2. The summed E-state index contributed by atoms with van der Waals surface area (Å²) in [5, 5.41) is 0. The summed E-state index contributed by atoms with van der Waals surface area (Å²) in [6, 6.07) is 5.60. The normalized spacial score (nSPS) is 23.7. The van der Waals surface area contributed by atoms with Crippen LogP contribution in [-0.2, 0) is 0 Å². The number of hydrogen-bond acceptors (Lipinski definition) is 2. The lowest BCUT2D eigenvalue weighted by atomic mass is 9.86. The third-order valence-corrected chi connectivity index (χ3v) is 4.49. The topological polar surface area (TPSA) is 26.3 Å². The molecule has 2 nitrogen and oxygen atoms in total. The maximum atomic E-state index is 10.9. The Labute approximate surface area is 117 Å². The number of hydrogen-bond donors (Lipinski definition) is 0. The van der Waals surface area contributed by atoms with E-state index in [1.165, 1.54) is 19.3 Å². The van der Waals surface area contributed by atoms with Crippen molar-refractivity contribution in [3.8, 4) is 5.75 Å². The highest BCUT2D eigenvalue weighted by atomic mass is 79.9. The predicted molar refractivity (Wildman–Crippen MR) is 76.2 cm³/mol. The quantitative estimate of drug-likeness (QED) is 0.759. The molecule has 98 valence electrons. The third kappa shape index (κ3) is 3.35. The average molecular weight is 311 g/mol. The number of carbonyl (C=O) groups is 1. The zero-order valence-corrected chi connectivity index (χ0v) is 12.3. The van der Waals surface area contributed by atoms with Crippen LogP contribution in [0.1, 0.15) is 49.4 Å². The lowest BCUT2D eigenvalue weighted by molar-refractivity contribution is 0.111. The highest BCUT2D eigenvalue weighted by Crippen LogP contribution is 2.30. The second-order valence-electron chi connectivity index (χ2n) is 4.97. The summed E-state index contributed by atoms with van der Waals surface area (Å²) in [4.78, 5) is 10.9. The van der Waals surface area contributed by atoms with Gasteiger partial charge in [0.1, 0.15) is 5.75 Å². The molecule has 18 heavy (non-hydrogen) atoms. The summed E-state index contributed by atoms with van der Waals surface area (Å²) in [7, 11) is 0. The lowest BCUT2D eigenvalue weighted by Crippen LogP contribution is -2.23. The highest BCUT2D eigenvalue weighted by molar-refractivity contribution is 9.10. The van der Waals surface area contributed by atoms with Gasteiger partial charge in [-0.25, -0.2) is 0 Å². The zero-order valence-electron chi connectivity index (χ0n) is 10.7. The van der Waals surface area contributed by atoms with Crippen LogP contribution in [0.5, 0.6) is 5.75 Å². The van der Waals surface area contributed by atoms with E-state index in [9.17, 15) is 4.79 Å². The van der Waals surface area contributed by atoms with E-state index in [-0.39, 0.29) is 0 Å². The first-order chi connectivity index (χ1) is 8.72. The molecular weight excluding hydrogens is 292 g/mol. The first-order valence-electron chi connectivity index (χ1n) is 6.64. The van der Waals surface area contributed by atoms with Crippen molar-refractivity contribution in [1.29, 1.82) is 0 Å². The van der Waals surface area contributed by atoms with Crippen LogP contribution in [0.25, 0.3) is 0 Å². The van der Waals surface area contributed by atoms with Crippen molar-refractivity contribution in [2.75, 3.05) is 0 Å². The van der Waals surface area contributed by atoms with Crippen molar-refractivity contribution in [3.63, 3.8) is 0 Å². The van der Waals surface area contributed by atoms with Gasteiger partial charge in [-0.1, -0.05) is 29.3 Å². The zero-order chi connectivity index (χ0) is 13.0. The predicted octanol–water partition coefficient (Wildman–Crippen LogP) is 4.61. The third-order valence-electron chi connectivity index (χ3n) is 3.77. The number of benzene rings is 1. The van der Waals surface area contributed by atoms with Crippen LogP contribution in [0.15, 0.2) is 22.7 Å². The van der Waals surface area contributed by atoms with Crippen molar-refractivity contribution < 1.29 is 9.53 Å². The smallest absolute Gasteiger partial charge is 0.151 e. The molecule has 0 saturated heterocycles. The second-order valence-corrected chi connectivity index (χ2v) is 5.82. The molecule has 1 fully saturated rings. The van der Waals surface area contributed by atoms with Crippen molar-refractivity contribution in [3.05, 3.63) is 28.2 Å². The summed E-state index contributed by atoms with van der Waals surface area (Å²) in [6.45, 7) is 2.26. The van der Waals surface area contributed by atoms with E-state index in [1.807, 2.05) is 18.2 Å². The summed E-state index contributed by atoms with van der Waals surface area (Å²) >= 11 is 3.35. The molecule has 0 heterocycles. The molecule has 0 bridgehead atoms. The van der Waals surface area contributed by atoms with Gasteiger partial charge in [-0.2, -0.15) is 0 Å². The maximum absolute atomic E-state index is 10.9. The molecule has 0 N–H and O–H groups in total. The molecule has 0 aliphatic heterocycles. The molecule has 1 aliphatic rings. The molecule has 0 aromatic heterocycles. The van der Waals surface area contributed by atoms with Gasteiger partial charge < -0.3 is 4.74 Å². The van der Waals surface area contributed by atoms with Gasteiger partial charge in [0.2, 0.25) is 0 Å². The van der Waals surface area contributed by atoms with E-state index in [1.54, 1.807) is 0 Å². The average Bonchev–Trinajstić information content (AvgIpc) is 2.42. The molecule has 0 spiro atoms. The summed E-state index contributed by atoms with van der Waals surface area (Å²) < 4.78 is 6.78. The molecule has 1 aromatic rings. The van der Waals surface area contributed by atoms with E-state index in [2.05, 4.69) is 22.9 Å². The Morgan fingerprint density at radius 3 is 2.67 bits per heavy atom. The van der Waals surface area contributed by atoms with Crippen LogP contribution in [0, 0.1) is 5.92 Å². The summed E-state index contributed by atoms with van der Waals surface area (Å²) in [6.07, 6.45) is 7.23. The minimum atomic E-state index is 0.313. The highest BCUT2D eigenvalue weighted by Gasteiger charge is 2.21. The van der Waals surface area contributed by atoms with Crippen molar-refractivity contribution in [1.82, 2.24) is 0 Å². The van der Waals surface area contributed by atoms with Gasteiger partial charge >= 0.3 is 0 Å². The molecule has 0 amide bonds. The number of aldehydes is 1. The van der Waals surface area contributed by atoms with Gasteiger partial charge in [-0.3, -0.25) is 4.79 Å². The Balaban J connectivity index is 1.96. The van der Waals surface area contributed by atoms with E-state index in [4.69, 9.17) is 4.74 Å². The van der Waals surface area contributed by atoms with Crippen molar-refractivity contribution in [2.24, 2.45) is 5.92 Å². The number of rotatable bonds is 4. The standard InChI is InChI=1S/C15H19BrO2/c1-2-11-3-5-13(6-4-11)18-14-7-8-15(16)12(9-14)10-17/h7-11,13H,2-6H2,1H3. The number of halogens is 1. The number of carbonyl (C=O) groups excluding carboxylic acids is 1. The van der Waals surface area contributed by atoms with Crippen molar-refractivity contribution in [2.45, 2.75) is 45.1 Å². The fraction of sp³-hybridized carbons (Fsp3) is 0.533. The monoisotopic (exact) mass is 310 g/mol.